The van der Waals surface area contributed by atoms with Crippen LogP contribution in [0.1, 0.15) is 6.92 Å². The van der Waals surface area contributed by atoms with Crippen LogP contribution >= 0.6 is 10.7 Å². The van der Waals surface area contributed by atoms with Crippen LogP contribution in [-0.2, 0) is 9.33 Å². The Morgan fingerprint density at radius 3 is 2.14 bits per heavy atom. The van der Waals surface area contributed by atoms with Gasteiger partial charge in [-0.1, -0.05) is 0 Å². The van der Waals surface area contributed by atoms with Crippen molar-refractivity contribution >= 4 is 20.0 Å². The first-order valence-electron chi connectivity index (χ1n) is 3.88. The molecule has 0 radical (unpaired) electrons. The van der Waals surface area contributed by atoms with Gasteiger partial charge in [-0.3, -0.25) is 0 Å². The van der Waals surface area contributed by atoms with Gasteiger partial charge in [0.1, 0.15) is 11.5 Å². The van der Waals surface area contributed by atoms with Crippen molar-refractivity contribution in [1.82, 2.24) is 0 Å². The topological polar surface area (TPSA) is 52.6 Å². The Morgan fingerprint density at radius 2 is 1.71 bits per heavy atom. The first kappa shape index (κ1) is 11.1. The maximum Gasteiger partial charge on any atom is 0.401 e. The minimum Gasteiger partial charge on any atom is -0.494 e. The second-order valence-electron chi connectivity index (χ2n) is 2.38. The highest BCUT2D eigenvalue weighted by atomic mass is 35.7. The first-order chi connectivity index (χ1) is 6.51. The molecule has 14 heavy (non-hydrogen) atoms. The van der Waals surface area contributed by atoms with Crippen LogP contribution in [0, 0.1) is 0 Å². The van der Waals surface area contributed by atoms with Gasteiger partial charge in [-0.05, 0) is 31.2 Å². The number of ether oxygens (including phenoxy) is 1. The fraction of sp³-hybridized carbons (Fsp3) is 0.250. The van der Waals surface area contributed by atoms with Crippen molar-refractivity contribution in [2.75, 3.05) is 6.61 Å². The van der Waals surface area contributed by atoms with Gasteiger partial charge in [-0.2, -0.15) is 8.42 Å². The molecule has 0 spiro atoms. The molecule has 0 amide bonds. The fourth-order valence-electron chi connectivity index (χ4n) is 0.873. The van der Waals surface area contributed by atoms with Crippen LogP contribution in [0.15, 0.2) is 24.3 Å². The van der Waals surface area contributed by atoms with E-state index in [4.69, 9.17) is 15.4 Å². The maximum atomic E-state index is 10.5. The maximum absolute atomic E-state index is 10.5. The van der Waals surface area contributed by atoms with Crippen LogP contribution in [0.4, 0.5) is 0 Å². The lowest BCUT2D eigenvalue weighted by atomic mass is 10.3. The van der Waals surface area contributed by atoms with E-state index in [-0.39, 0.29) is 5.75 Å². The zero-order valence-corrected chi connectivity index (χ0v) is 9.01. The Balaban J connectivity index is 2.74. The lowest BCUT2D eigenvalue weighted by Crippen LogP contribution is -1.99. The van der Waals surface area contributed by atoms with Gasteiger partial charge in [0.2, 0.25) is 0 Å². The van der Waals surface area contributed by atoms with Gasteiger partial charge in [-0.25, -0.2) is 0 Å². The van der Waals surface area contributed by atoms with E-state index in [1.165, 1.54) is 12.1 Å². The van der Waals surface area contributed by atoms with Gasteiger partial charge in [0.05, 0.1) is 17.3 Å². The minimum atomic E-state index is -3.97. The second-order valence-corrected chi connectivity index (χ2v) is 4.47. The molecule has 78 valence electrons. The van der Waals surface area contributed by atoms with Gasteiger partial charge < -0.3 is 8.92 Å². The predicted octanol–water partition coefficient (Wildman–Crippen LogP) is 1.95. The summed E-state index contributed by atoms with van der Waals surface area (Å²) in [6.07, 6.45) is 0. The van der Waals surface area contributed by atoms with Crippen LogP contribution in [0.5, 0.6) is 11.5 Å². The molecule has 1 rings (SSSR count). The molecule has 0 aliphatic carbocycles. The monoisotopic (exact) mass is 236 g/mol. The molecule has 0 saturated heterocycles. The van der Waals surface area contributed by atoms with E-state index in [2.05, 4.69) is 4.18 Å². The molecule has 0 N–H and O–H groups in total. The molecule has 0 unspecified atom stereocenters. The van der Waals surface area contributed by atoms with E-state index in [0.29, 0.717) is 12.4 Å². The van der Waals surface area contributed by atoms with E-state index in [9.17, 15) is 8.42 Å². The van der Waals surface area contributed by atoms with Gasteiger partial charge in [0, 0.05) is 0 Å². The third-order valence-corrected chi connectivity index (χ3v) is 1.91. The predicted molar refractivity (Wildman–Crippen MR) is 53.0 cm³/mol. The molecule has 0 heterocycles. The number of rotatable bonds is 4. The molecular formula is C8H9ClO4S. The summed E-state index contributed by atoms with van der Waals surface area (Å²) in [5.74, 6) is 0.801. The highest BCUT2D eigenvalue weighted by Gasteiger charge is 2.06. The van der Waals surface area contributed by atoms with Crippen LogP contribution in [0.25, 0.3) is 0 Å². The van der Waals surface area contributed by atoms with Crippen molar-refractivity contribution in [2.24, 2.45) is 0 Å². The summed E-state index contributed by atoms with van der Waals surface area (Å²) in [7, 11) is 0.916. The van der Waals surface area contributed by atoms with Gasteiger partial charge in [-0.15, -0.1) is 0 Å². The van der Waals surface area contributed by atoms with Crippen molar-refractivity contribution in [3.05, 3.63) is 24.3 Å². The zero-order valence-electron chi connectivity index (χ0n) is 7.44. The summed E-state index contributed by atoms with van der Waals surface area (Å²) < 4.78 is 30.6. The highest BCUT2D eigenvalue weighted by Crippen LogP contribution is 2.19. The summed E-state index contributed by atoms with van der Waals surface area (Å²) >= 11 is 0. The van der Waals surface area contributed by atoms with E-state index < -0.39 is 9.33 Å². The number of halogens is 1. The quantitative estimate of drug-likeness (QED) is 0.750. The standard InChI is InChI=1S/C8H9ClO4S/c1-2-12-7-3-5-8(6-4-7)13-14(9,10)11/h3-6H,2H2,1H3. The third-order valence-electron chi connectivity index (χ3n) is 1.33. The highest BCUT2D eigenvalue weighted by molar-refractivity contribution is 8.10. The molecule has 0 aromatic heterocycles. The van der Waals surface area contributed by atoms with Crippen LogP contribution in [-0.4, -0.2) is 15.0 Å². The van der Waals surface area contributed by atoms with E-state index in [0.717, 1.165) is 0 Å². The summed E-state index contributed by atoms with van der Waals surface area (Å²) in [6, 6.07) is 6.12. The number of benzene rings is 1. The molecular weight excluding hydrogens is 228 g/mol. The summed E-state index contributed by atoms with van der Waals surface area (Å²) in [5.41, 5.74) is 0. The van der Waals surface area contributed by atoms with Crippen molar-refractivity contribution < 1.29 is 17.3 Å². The van der Waals surface area contributed by atoms with E-state index >= 15 is 0 Å². The third kappa shape index (κ3) is 3.85. The molecule has 1 aromatic rings. The van der Waals surface area contributed by atoms with Crippen LogP contribution in [0.2, 0.25) is 0 Å². The minimum absolute atomic E-state index is 0.156. The Kier molecular flexibility index (Phi) is 3.60. The smallest absolute Gasteiger partial charge is 0.401 e. The normalized spacial score (nSPS) is 11.0. The molecule has 0 saturated carbocycles. The van der Waals surface area contributed by atoms with Gasteiger partial charge in [0.25, 0.3) is 0 Å². The lowest BCUT2D eigenvalue weighted by molar-refractivity contribution is 0.340. The van der Waals surface area contributed by atoms with Crippen molar-refractivity contribution in [3.63, 3.8) is 0 Å². The largest absolute Gasteiger partial charge is 0.494 e. The summed E-state index contributed by atoms with van der Waals surface area (Å²) in [4.78, 5) is 0. The molecule has 0 fully saturated rings. The summed E-state index contributed by atoms with van der Waals surface area (Å²) in [5, 5.41) is 0. The van der Waals surface area contributed by atoms with Crippen molar-refractivity contribution in [3.8, 4) is 11.5 Å². The van der Waals surface area contributed by atoms with E-state index in [1.54, 1.807) is 12.1 Å². The number of hydrogen-bond donors (Lipinski definition) is 0. The average molecular weight is 237 g/mol. The van der Waals surface area contributed by atoms with E-state index in [1.807, 2.05) is 6.92 Å². The molecule has 4 nitrogen and oxygen atoms in total. The van der Waals surface area contributed by atoms with Crippen LogP contribution in [0.3, 0.4) is 0 Å². The van der Waals surface area contributed by atoms with Crippen molar-refractivity contribution in [1.29, 1.82) is 0 Å². The fourth-order valence-corrected chi connectivity index (χ4v) is 1.43. The second kappa shape index (κ2) is 4.52. The lowest BCUT2D eigenvalue weighted by Gasteiger charge is -2.04. The average Bonchev–Trinajstić information content (AvgIpc) is 2.06. The summed E-state index contributed by atoms with van der Waals surface area (Å²) in [6.45, 7) is 2.40. The SMILES string of the molecule is CCOc1ccc(OS(=O)(=O)Cl)cc1. The molecule has 0 atom stereocenters. The van der Waals surface area contributed by atoms with Gasteiger partial charge >= 0.3 is 9.33 Å². The van der Waals surface area contributed by atoms with Gasteiger partial charge in [0.15, 0.2) is 0 Å². The van der Waals surface area contributed by atoms with Crippen molar-refractivity contribution in [2.45, 2.75) is 6.92 Å². The first-order valence-corrected chi connectivity index (χ1v) is 6.11. The molecule has 6 heteroatoms. The molecule has 0 aliphatic rings. The Labute approximate surface area is 87.0 Å². The molecule has 1 aromatic carbocycles. The Hall–Kier alpha value is -0.940. The molecule has 0 bridgehead atoms. The Bertz CT molecular complexity index is 384. The molecule has 0 aliphatic heterocycles. The van der Waals surface area contributed by atoms with Crippen LogP contribution < -0.4 is 8.92 Å². The number of hydrogen-bond acceptors (Lipinski definition) is 4. The zero-order chi connectivity index (χ0) is 10.6. The Morgan fingerprint density at radius 1 is 1.21 bits per heavy atom.